The number of halogens is 1. The maximum absolute atomic E-state index is 10.9. The number of benzene rings is 2. The van der Waals surface area contributed by atoms with Crippen LogP contribution >= 0.6 is 11.6 Å². The van der Waals surface area contributed by atoms with E-state index < -0.39 is 5.97 Å². The Morgan fingerprint density at radius 1 is 0.762 bits per heavy atom. The summed E-state index contributed by atoms with van der Waals surface area (Å²) in [6, 6.07) is 18.2. The van der Waals surface area contributed by atoms with Gasteiger partial charge in [-0.1, -0.05) is 11.6 Å². The van der Waals surface area contributed by atoms with Crippen LogP contribution in [-0.2, 0) is 13.1 Å². The number of aromatic amines is 1. The first-order valence-corrected chi connectivity index (χ1v) is 22.2. The fourth-order valence-electron chi connectivity index (χ4n) is 7.55. The molecule has 0 aliphatic carbocycles. The van der Waals surface area contributed by atoms with E-state index in [1.807, 2.05) is 71.9 Å². The third-order valence-electron chi connectivity index (χ3n) is 10.4. The van der Waals surface area contributed by atoms with E-state index in [4.69, 9.17) is 35.7 Å². The largest absolute Gasteiger partial charge is 0.492 e. The number of carboxylic acids is 1. The zero-order valence-electron chi connectivity index (χ0n) is 37.1. The molecule has 2 saturated heterocycles. The van der Waals surface area contributed by atoms with Gasteiger partial charge in [0, 0.05) is 75.4 Å². The normalized spacial score (nSPS) is 15.1. The van der Waals surface area contributed by atoms with Crippen molar-refractivity contribution in [3.05, 3.63) is 88.7 Å². The van der Waals surface area contributed by atoms with Gasteiger partial charge in [0.1, 0.15) is 39.7 Å². The monoisotopic (exact) mass is 884 g/mol. The van der Waals surface area contributed by atoms with E-state index in [2.05, 4.69) is 63.2 Å². The van der Waals surface area contributed by atoms with Gasteiger partial charge in [0.2, 0.25) is 0 Å². The summed E-state index contributed by atoms with van der Waals surface area (Å²) < 4.78 is 23.3. The number of ether oxygens (including phenoxy) is 4. The van der Waals surface area contributed by atoms with E-state index in [0.29, 0.717) is 53.5 Å². The van der Waals surface area contributed by atoms with E-state index in [1.165, 1.54) is 11.8 Å². The number of rotatable bonds is 18. The summed E-state index contributed by atoms with van der Waals surface area (Å²) in [4.78, 5) is 24.5. The van der Waals surface area contributed by atoms with Crippen LogP contribution in [0.15, 0.2) is 67.0 Å². The van der Waals surface area contributed by atoms with Gasteiger partial charge in [-0.15, -0.1) is 5.10 Å². The molecule has 0 spiro atoms. The number of aromatic carboxylic acids is 1. The van der Waals surface area contributed by atoms with Crippen molar-refractivity contribution >= 4 is 29.2 Å². The summed E-state index contributed by atoms with van der Waals surface area (Å²) in [7, 11) is 0. The minimum atomic E-state index is -0.968. The second-order valence-corrected chi connectivity index (χ2v) is 16.6. The lowest BCUT2D eigenvalue weighted by Crippen LogP contribution is -2.38. The maximum Gasteiger partial charge on any atom is 0.337 e. The Labute approximate surface area is 375 Å². The number of nitrogens with zero attached hydrogens (tertiary/aromatic N) is 7. The summed E-state index contributed by atoms with van der Waals surface area (Å²) in [5, 5.41) is 30.3. The van der Waals surface area contributed by atoms with Gasteiger partial charge in [0.25, 0.3) is 0 Å². The first kappa shape index (κ1) is 46.8. The number of hydrogen-bond donors (Lipinski definition) is 4. The van der Waals surface area contributed by atoms with Crippen LogP contribution in [0.3, 0.4) is 0 Å². The Bertz CT molecular complexity index is 2100. The third kappa shape index (κ3) is 14.4. The number of aromatic nitrogens is 6. The third-order valence-corrected chi connectivity index (χ3v) is 10.8. The van der Waals surface area contributed by atoms with E-state index in [0.717, 1.165) is 93.4 Å². The Morgan fingerprint density at radius 3 is 1.68 bits per heavy atom. The van der Waals surface area contributed by atoms with Crippen molar-refractivity contribution < 1.29 is 28.8 Å². The van der Waals surface area contributed by atoms with Crippen LogP contribution in [-0.4, -0.2) is 115 Å². The quantitative estimate of drug-likeness (QED) is 0.0659. The molecule has 2 aliphatic heterocycles. The number of piperidine rings is 2. The van der Waals surface area contributed by atoms with Crippen molar-refractivity contribution in [1.82, 2.24) is 40.4 Å². The van der Waals surface area contributed by atoms with E-state index in [9.17, 15) is 4.79 Å². The first-order chi connectivity index (χ1) is 30.4. The van der Waals surface area contributed by atoms with E-state index >= 15 is 0 Å². The molecule has 0 radical (unpaired) electrons. The molecular weight excluding hydrogens is 824 g/mol. The molecule has 0 saturated carbocycles. The molecular formula is C46H61ClN10O6. The lowest BCUT2D eigenvalue weighted by Gasteiger charge is -2.32. The highest BCUT2D eigenvalue weighted by atomic mass is 35.5. The fourth-order valence-corrected chi connectivity index (χ4v) is 7.77. The molecule has 2 aliphatic rings. The highest BCUT2D eigenvalue weighted by Crippen LogP contribution is 2.36. The van der Waals surface area contributed by atoms with Gasteiger partial charge in [-0.2, -0.15) is 0 Å². The van der Waals surface area contributed by atoms with Gasteiger partial charge < -0.3 is 34.7 Å². The van der Waals surface area contributed by atoms with Crippen molar-refractivity contribution in [2.45, 2.75) is 105 Å². The zero-order chi connectivity index (χ0) is 44.7. The van der Waals surface area contributed by atoms with Crippen LogP contribution in [0, 0.1) is 0 Å². The Hall–Kier alpha value is -5.71. The van der Waals surface area contributed by atoms with Crippen LogP contribution in [0.4, 0.5) is 11.6 Å². The number of hydrogen-bond acceptors (Lipinski definition) is 14. The molecule has 0 bridgehead atoms. The minimum Gasteiger partial charge on any atom is -0.492 e. The van der Waals surface area contributed by atoms with Gasteiger partial charge in [-0.25, -0.2) is 19.9 Å². The van der Waals surface area contributed by atoms with Gasteiger partial charge in [0.05, 0.1) is 31.0 Å². The predicted molar refractivity (Wildman–Crippen MR) is 244 cm³/mol. The highest BCUT2D eigenvalue weighted by Gasteiger charge is 2.22. The van der Waals surface area contributed by atoms with Crippen LogP contribution < -0.4 is 29.6 Å². The van der Waals surface area contributed by atoms with E-state index in [1.54, 1.807) is 18.3 Å². The smallest absolute Gasteiger partial charge is 0.337 e. The predicted octanol–water partition coefficient (Wildman–Crippen LogP) is 8.22. The molecule has 63 heavy (non-hydrogen) atoms. The summed E-state index contributed by atoms with van der Waals surface area (Å²) in [6.45, 7) is 18.8. The zero-order valence-corrected chi connectivity index (χ0v) is 37.9. The summed E-state index contributed by atoms with van der Waals surface area (Å²) in [5.74, 6) is 4.28. The van der Waals surface area contributed by atoms with Crippen LogP contribution in [0.2, 0.25) is 5.02 Å². The Morgan fingerprint density at radius 2 is 1.27 bits per heavy atom. The van der Waals surface area contributed by atoms with Gasteiger partial charge in [-0.3, -0.25) is 9.80 Å². The highest BCUT2D eigenvalue weighted by molar-refractivity contribution is 6.33. The number of likely N-dealkylation sites (tertiary alicyclic amines) is 2. The molecule has 7 rings (SSSR count). The standard InChI is InChI=1S/C24H33N7O2.C22H28ClN3O4/c1-16(2)32-21-11-18(12-22(13-21)33-17(3)4)15-31-9-7-20(8-10-31)26-23-6-5-19(14-25-23)24-27-29-30-28-24;1-3-29-18-11-15(12-19(21(18)23)30-4-2)14-26-9-7-17(8-10-26)25-20-6-5-16(13-24-20)22(27)28/h5-6,11-14,16-17,20H,7-10,15H2,1-4H3,(H,25,26)(H,27,28,29,30);5-6,11-13,17H,3-4,7-10,14H2,1-2H3,(H,24,25)(H,27,28). The number of carbonyl (C=O) groups is 1. The van der Waals surface area contributed by atoms with Crippen LogP contribution in [0.25, 0.3) is 11.4 Å². The van der Waals surface area contributed by atoms with Crippen molar-refractivity contribution in [1.29, 1.82) is 0 Å². The molecule has 0 unspecified atom stereocenters. The molecule has 5 heterocycles. The maximum atomic E-state index is 10.9. The topological polar surface area (TPSA) is 185 Å². The van der Waals surface area contributed by atoms with Gasteiger partial charge in [-0.05, 0) is 137 Å². The van der Waals surface area contributed by atoms with E-state index in [-0.39, 0.29) is 17.8 Å². The Balaban J connectivity index is 0.000000211. The number of H-pyrrole nitrogens is 1. The number of pyridine rings is 2. The first-order valence-electron chi connectivity index (χ1n) is 21.9. The molecule has 4 N–H and O–H groups in total. The summed E-state index contributed by atoms with van der Waals surface area (Å²) in [6.07, 6.45) is 7.50. The molecule has 5 aromatic rings. The Kier molecular flexibility index (Phi) is 17.2. The van der Waals surface area contributed by atoms with Crippen molar-refractivity contribution in [2.75, 3.05) is 50.0 Å². The van der Waals surface area contributed by atoms with Crippen molar-refractivity contribution in [3.63, 3.8) is 0 Å². The second-order valence-electron chi connectivity index (χ2n) is 16.2. The molecule has 2 fully saturated rings. The molecule has 17 heteroatoms. The van der Waals surface area contributed by atoms with Gasteiger partial charge >= 0.3 is 5.97 Å². The molecule has 0 atom stereocenters. The van der Waals surface area contributed by atoms with Crippen molar-refractivity contribution in [2.24, 2.45) is 0 Å². The second kappa shape index (κ2) is 23.1. The number of nitrogens with one attached hydrogen (secondary N) is 3. The average molecular weight is 886 g/mol. The summed E-state index contributed by atoms with van der Waals surface area (Å²) >= 11 is 6.39. The minimum absolute atomic E-state index is 0.129. The lowest BCUT2D eigenvalue weighted by atomic mass is 10.0. The molecule has 2 aromatic carbocycles. The molecule has 3 aromatic heterocycles. The van der Waals surface area contributed by atoms with Crippen molar-refractivity contribution in [3.8, 4) is 34.4 Å². The SMILES string of the molecule is CC(C)Oc1cc(CN2CCC(Nc3ccc(-c4nnn[nH]4)cn3)CC2)cc(OC(C)C)c1.CCOc1cc(CN2CCC(Nc3ccc(C(=O)O)cn3)CC2)cc(OCC)c1Cl. The molecule has 338 valence electrons. The molecule has 16 nitrogen and oxygen atoms in total. The lowest BCUT2D eigenvalue weighted by molar-refractivity contribution is 0.0696. The fraction of sp³-hybridized carbons (Fsp3) is 0.478. The average Bonchev–Trinajstić information content (AvgIpc) is 3.80. The molecule has 0 amide bonds. The van der Waals surface area contributed by atoms with Crippen LogP contribution in [0.5, 0.6) is 23.0 Å². The number of carboxylic acid groups (broad SMARTS) is 1. The summed E-state index contributed by atoms with van der Waals surface area (Å²) in [5.41, 5.74) is 3.39. The van der Waals surface area contributed by atoms with Gasteiger partial charge in [0.15, 0.2) is 5.82 Å². The van der Waals surface area contributed by atoms with Crippen LogP contribution in [0.1, 0.15) is 88.7 Å². The number of tetrazole rings is 1. The number of anilines is 2.